The topological polar surface area (TPSA) is 56.6 Å². The molecule has 0 N–H and O–H groups in total. The van der Waals surface area contributed by atoms with Gasteiger partial charge in [-0.05, 0) is 30.7 Å². The normalized spacial score (nSPS) is 19.3. The molecule has 1 atom stereocenters. The van der Waals surface area contributed by atoms with Gasteiger partial charge in [-0.3, -0.25) is 9.69 Å². The van der Waals surface area contributed by atoms with E-state index in [4.69, 9.17) is 4.74 Å². The number of benzene rings is 2. The highest BCUT2D eigenvalue weighted by Gasteiger charge is 2.39. The van der Waals surface area contributed by atoms with Crippen molar-refractivity contribution in [3.63, 3.8) is 0 Å². The van der Waals surface area contributed by atoms with E-state index in [1.165, 1.54) is 5.56 Å². The minimum atomic E-state index is -0.266. The number of hydrogen-bond donors (Lipinski definition) is 0. The average molecular weight is 391 g/mol. The first kappa shape index (κ1) is 18.5. The molecule has 0 radical (unpaired) electrons. The van der Waals surface area contributed by atoms with Gasteiger partial charge in [0.1, 0.15) is 5.75 Å². The molecule has 0 aromatic heterocycles. The fourth-order valence-corrected chi connectivity index (χ4v) is 4.94. The van der Waals surface area contributed by atoms with Gasteiger partial charge in [0.05, 0.1) is 36.3 Å². The number of nitrogens with zero attached hydrogens (tertiary/aromatic N) is 3. The predicted octanol–water partition coefficient (Wildman–Crippen LogP) is 4.22. The van der Waals surface area contributed by atoms with Crippen LogP contribution < -0.4 is 9.64 Å². The molecule has 1 unspecified atom stereocenters. The Balaban J connectivity index is 1.69. The van der Waals surface area contributed by atoms with E-state index in [9.17, 15) is 10.1 Å². The van der Waals surface area contributed by atoms with Crippen LogP contribution in [-0.2, 0) is 4.79 Å². The second-order valence-electron chi connectivity index (χ2n) is 6.94. The molecule has 0 spiro atoms. The summed E-state index contributed by atoms with van der Waals surface area (Å²) in [6.07, 6.45) is 0.273. The minimum absolute atomic E-state index is 0.0368. The Hall–Kier alpha value is -2.91. The molecule has 1 saturated heterocycles. The highest BCUT2D eigenvalue weighted by molar-refractivity contribution is 8.03. The summed E-state index contributed by atoms with van der Waals surface area (Å²) in [7, 11) is 1.62. The molecule has 2 heterocycles. The summed E-state index contributed by atoms with van der Waals surface area (Å²) in [5.41, 5.74) is 3.81. The van der Waals surface area contributed by atoms with Crippen LogP contribution in [0.2, 0.25) is 0 Å². The molecule has 1 fully saturated rings. The van der Waals surface area contributed by atoms with Crippen LogP contribution in [0.1, 0.15) is 23.5 Å². The second-order valence-corrected chi connectivity index (χ2v) is 7.88. The fourth-order valence-electron chi connectivity index (χ4n) is 3.77. The lowest BCUT2D eigenvalue weighted by atomic mass is 9.86. The Bertz CT molecular complexity index is 995. The summed E-state index contributed by atoms with van der Waals surface area (Å²) >= 11 is 1.55. The third kappa shape index (κ3) is 3.23. The van der Waals surface area contributed by atoms with Crippen molar-refractivity contribution in [3.8, 4) is 11.8 Å². The number of hydrogen-bond acceptors (Lipinski definition) is 5. The molecule has 1 amide bonds. The Kier molecular flexibility index (Phi) is 5.01. The van der Waals surface area contributed by atoms with E-state index in [1.54, 1.807) is 23.8 Å². The van der Waals surface area contributed by atoms with Gasteiger partial charge in [-0.25, -0.2) is 0 Å². The molecule has 28 heavy (non-hydrogen) atoms. The molecule has 2 aliphatic rings. The number of carbonyl (C=O) groups is 1. The lowest BCUT2D eigenvalue weighted by Gasteiger charge is -2.42. The van der Waals surface area contributed by atoms with Crippen LogP contribution in [0.15, 0.2) is 59.1 Å². The molecule has 0 bridgehead atoms. The number of para-hydroxylation sites is 1. The highest BCUT2D eigenvalue weighted by Crippen LogP contribution is 2.45. The maximum absolute atomic E-state index is 13.0. The minimum Gasteiger partial charge on any atom is -0.496 e. The highest BCUT2D eigenvalue weighted by atomic mass is 32.2. The lowest BCUT2D eigenvalue weighted by Crippen LogP contribution is -2.47. The first-order valence-corrected chi connectivity index (χ1v) is 10.1. The molecular weight excluding hydrogens is 370 g/mol. The molecular formula is C22H21N3O2S. The molecule has 0 aliphatic carbocycles. The number of nitriles is 1. The van der Waals surface area contributed by atoms with Gasteiger partial charge in [-0.2, -0.15) is 5.26 Å². The van der Waals surface area contributed by atoms with Crippen molar-refractivity contribution in [3.05, 3.63) is 70.3 Å². The van der Waals surface area contributed by atoms with Crippen molar-refractivity contribution in [2.24, 2.45) is 0 Å². The maximum atomic E-state index is 13.0. The van der Waals surface area contributed by atoms with Gasteiger partial charge in [-0.15, -0.1) is 0 Å². The van der Waals surface area contributed by atoms with E-state index in [0.717, 1.165) is 16.3 Å². The van der Waals surface area contributed by atoms with Gasteiger partial charge in [0, 0.05) is 23.6 Å². The number of aryl methyl sites for hydroxylation is 1. The number of allylic oxidation sites excluding steroid dienone is 1. The Morgan fingerprint density at radius 3 is 2.79 bits per heavy atom. The van der Waals surface area contributed by atoms with Crippen LogP contribution in [0, 0.1) is 18.3 Å². The number of anilines is 1. The monoisotopic (exact) mass is 391 g/mol. The number of thioether (sulfide) groups is 1. The lowest BCUT2D eigenvalue weighted by molar-refractivity contribution is -0.129. The van der Waals surface area contributed by atoms with Crippen LogP contribution in [0.25, 0.3) is 0 Å². The van der Waals surface area contributed by atoms with E-state index in [0.29, 0.717) is 23.9 Å². The molecule has 2 aliphatic heterocycles. The quantitative estimate of drug-likeness (QED) is 0.784. The van der Waals surface area contributed by atoms with Gasteiger partial charge in [0.2, 0.25) is 5.91 Å². The summed E-state index contributed by atoms with van der Waals surface area (Å²) in [4.78, 5) is 16.9. The summed E-state index contributed by atoms with van der Waals surface area (Å²) in [5, 5.41) is 10.7. The SMILES string of the molecule is COc1ccccc1C1CC(=O)N2CN(c3cccc(C)c3)CSC2=C1C#N. The predicted molar refractivity (Wildman–Crippen MR) is 111 cm³/mol. The number of fused-ring (bicyclic) bond motifs is 1. The third-order valence-corrected chi connectivity index (χ3v) is 6.33. The molecule has 6 heteroatoms. The van der Waals surface area contributed by atoms with Crippen molar-refractivity contribution in [2.45, 2.75) is 19.3 Å². The molecule has 2 aromatic carbocycles. The smallest absolute Gasteiger partial charge is 0.229 e. The van der Waals surface area contributed by atoms with Crippen molar-refractivity contribution < 1.29 is 9.53 Å². The Labute approximate surface area is 169 Å². The van der Waals surface area contributed by atoms with E-state index in [1.807, 2.05) is 30.3 Å². The van der Waals surface area contributed by atoms with Crippen LogP contribution in [0.5, 0.6) is 5.75 Å². The van der Waals surface area contributed by atoms with Gasteiger partial charge < -0.3 is 9.64 Å². The van der Waals surface area contributed by atoms with E-state index >= 15 is 0 Å². The van der Waals surface area contributed by atoms with Crippen LogP contribution in [0.3, 0.4) is 0 Å². The number of carbonyl (C=O) groups excluding carboxylic acids is 1. The summed E-state index contributed by atoms with van der Waals surface area (Å²) in [6.45, 7) is 2.53. The zero-order valence-corrected chi connectivity index (χ0v) is 16.7. The van der Waals surface area contributed by atoms with Crippen LogP contribution >= 0.6 is 11.8 Å². The van der Waals surface area contributed by atoms with Gasteiger partial charge in [-0.1, -0.05) is 42.1 Å². The van der Waals surface area contributed by atoms with Gasteiger partial charge in [0.15, 0.2) is 0 Å². The fraction of sp³-hybridized carbons (Fsp3) is 0.273. The maximum Gasteiger partial charge on any atom is 0.229 e. The average Bonchev–Trinajstić information content (AvgIpc) is 2.73. The number of rotatable bonds is 3. The van der Waals surface area contributed by atoms with Crippen molar-refractivity contribution in [1.82, 2.24) is 4.90 Å². The summed E-state index contributed by atoms with van der Waals surface area (Å²) < 4.78 is 5.48. The number of amides is 1. The largest absolute Gasteiger partial charge is 0.496 e. The van der Waals surface area contributed by atoms with E-state index < -0.39 is 0 Å². The standard InChI is InChI=1S/C22H21N3O2S/c1-15-6-5-7-16(10-15)24-13-25-21(26)11-18(19(12-23)22(25)28-14-24)17-8-3-4-9-20(17)27-2/h3-10,18H,11,13-14H2,1-2H3. The number of ether oxygens (including phenoxy) is 1. The van der Waals surface area contributed by atoms with E-state index in [-0.39, 0.29) is 18.2 Å². The molecule has 4 rings (SSSR count). The van der Waals surface area contributed by atoms with Crippen molar-refractivity contribution in [1.29, 1.82) is 5.26 Å². The van der Waals surface area contributed by atoms with Gasteiger partial charge in [0.25, 0.3) is 0 Å². The Morgan fingerprint density at radius 1 is 1.21 bits per heavy atom. The molecule has 2 aromatic rings. The van der Waals surface area contributed by atoms with E-state index in [2.05, 4.69) is 36.1 Å². The first-order valence-electron chi connectivity index (χ1n) is 9.14. The molecule has 5 nitrogen and oxygen atoms in total. The zero-order valence-electron chi connectivity index (χ0n) is 15.9. The van der Waals surface area contributed by atoms with Crippen molar-refractivity contribution >= 4 is 23.4 Å². The summed E-state index contributed by atoms with van der Waals surface area (Å²) in [6, 6.07) is 18.3. The van der Waals surface area contributed by atoms with Crippen molar-refractivity contribution in [2.75, 3.05) is 24.6 Å². The van der Waals surface area contributed by atoms with Crippen LogP contribution in [0.4, 0.5) is 5.69 Å². The molecule has 142 valence electrons. The third-order valence-electron chi connectivity index (χ3n) is 5.17. The molecule has 0 saturated carbocycles. The number of methoxy groups -OCH3 is 1. The van der Waals surface area contributed by atoms with Crippen LogP contribution in [-0.4, -0.2) is 30.5 Å². The zero-order chi connectivity index (χ0) is 19.7. The Morgan fingerprint density at radius 2 is 2.04 bits per heavy atom. The first-order chi connectivity index (χ1) is 13.6. The second kappa shape index (κ2) is 7.61. The van der Waals surface area contributed by atoms with Gasteiger partial charge >= 0.3 is 0 Å². The summed E-state index contributed by atoms with van der Waals surface area (Å²) in [5.74, 6) is 1.18.